The smallest absolute Gasteiger partial charge is 0.166 e. The van der Waals surface area contributed by atoms with Crippen LogP contribution >= 0.6 is 0 Å². The van der Waals surface area contributed by atoms with Gasteiger partial charge in [0.2, 0.25) is 0 Å². The summed E-state index contributed by atoms with van der Waals surface area (Å²) in [6, 6.07) is 139. The number of nitriles is 2. The lowest BCUT2D eigenvalue weighted by Gasteiger charge is -2.18. The SMILES string of the molecule is N#Cc1ccc(-c2nc(-c3ccccc3)nc(-c3cc(-c4ccccc4C#N)ccc3-n3c4ccc(-c5nc(-c6ccccc6)nc(-c6ccccc6)n5)cc4c4cc(-c5nc(-c6ccccc6)nc(-c6ccccc6)n5)ccc43)n2)c(-n2c3ccc(-c4nc(-c5ccccc5)nc(-c5ccccc5)n4)cc3c3cc(-c4nc(-c5ccccc5)nc(-c5ccccc5)n4)ccc32)c1. The predicted molar refractivity (Wildman–Crippen MR) is 518 cm³/mol. The molecule has 23 aromatic rings. The van der Waals surface area contributed by atoms with Crippen LogP contribution in [0.15, 0.2) is 406 Å². The van der Waals surface area contributed by atoms with Gasteiger partial charge in [0.25, 0.3) is 0 Å². The Balaban J connectivity index is 0.764. The fourth-order valence-electron chi connectivity index (χ4n) is 17.1. The van der Waals surface area contributed by atoms with Crippen LogP contribution < -0.4 is 0 Å². The molecule has 19 nitrogen and oxygen atoms in total. The summed E-state index contributed by atoms with van der Waals surface area (Å²) in [6.07, 6.45) is 0. The fourth-order valence-corrected chi connectivity index (χ4v) is 17.1. The molecule has 0 aliphatic carbocycles. The second kappa shape index (κ2) is 33.6. The molecule has 0 N–H and O–H groups in total. The van der Waals surface area contributed by atoms with Crippen molar-refractivity contribution in [2.45, 2.75) is 0 Å². The van der Waals surface area contributed by atoms with Crippen molar-refractivity contribution >= 4 is 43.6 Å². The van der Waals surface area contributed by atoms with Crippen LogP contribution in [0.1, 0.15) is 11.1 Å². The molecule has 0 unspecified atom stereocenters. The number of nitrogens with zero attached hydrogens (tertiary/aromatic N) is 19. The van der Waals surface area contributed by atoms with Gasteiger partial charge in [-0.15, -0.1) is 0 Å². The fraction of sp³-hybridized carbons (Fsp3) is 0. The Morgan fingerprint density at radius 2 is 0.394 bits per heavy atom. The molecule has 614 valence electrons. The number of fused-ring (bicyclic) bond motifs is 6. The highest BCUT2D eigenvalue weighted by Gasteiger charge is 2.28. The Kier molecular flexibility index (Phi) is 19.8. The van der Waals surface area contributed by atoms with Gasteiger partial charge in [-0.25, -0.2) is 74.8 Å². The summed E-state index contributed by atoms with van der Waals surface area (Å²) < 4.78 is 4.42. The van der Waals surface area contributed by atoms with E-state index in [0.29, 0.717) is 126 Å². The first-order valence-corrected chi connectivity index (χ1v) is 42.9. The minimum absolute atomic E-state index is 0.287. The molecule has 0 saturated carbocycles. The molecule has 0 saturated heterocycles. The van der Waals surface area contributed by atoms with Gasteiger partial charge in [-0.3, -0.25) is 0 Å². The van der Waals surface area contributed by atoms with Crippen LogP contribution in [0.4, 0.5) is 0 Å². The summed E-state index contributed by atoms with van der Waals surface area (Å²) in [5.74, 6) is 6.90. The maximum absolute atomic E-state index is 11.3. The van der Waals surface area contributed by atoms with Crippen molar-refractivity contribution in [1.29, 1.82) is 10.5 Å². The van der Waals surface area contributed by atoms with Crippen LogP contribution in [0.5, 0.6) is 0 Å². The minimum Gasteiger partial charge on any atom is -0.308 e. The lowest BCUT2D eigenvalue weighted by molar-refractivity contribution is 1.06. The van der Waals surface area contributed by atoms with Crippen LogP contribution in [-0.2, 0) is 0 Å². The summed E-state index contributed by atoms with van der Waals surface area (Å²) in [4.78, 5) is 79.4. The first-order chi connectivity index (χ1) is 65.3. The number of rotatable bonds is 18. The van der Waals surface area contributed by atoms with Gasteiger partial charge in [-0.1, -0.05) is 297 Å². The normalized spacial score (nSPS) is 11.3. The molecule has 0 aliphatic rings. The van der Waals surface area contributed by atoms with Crippen molar-refractivity contribution in [3.05, 3.63) is 418 Å². The molecule has 0 bridgehead atoms. The highest BCUT2D eigenvalue weighted by atomic mass is 15.1. The van der Waals surface area contributed by atoms with Crippen LogP contribution in [0.2, 0.25) is 0 Å². The molecule has 0 aliphatic heterocycles. The van der Waals surface area contributed by atoms with Crippen molar-refractivity contribution in [3.63, 3.8) is 0 Å². The van der Waals surface area contributed by atoms with Crippen molar-refractivity contribution in [2.75, 3.05) is 0 Å². The lowest BCUT2D eigenvalue weighted by Crippen LogP contribution is -2.06. The van der Waals surface area contributed by atoms with Crippen molar-refractivity contribution in [3.8, 4) is 205 Å². The van der Waals surface area contributed by atoms with Crippen LogP contribution in [0.3, 0.4) is 0 Å². The summed E-state index contributed by atoms with van der Waals surface area (Å²) in [7, 11) is 0. The Morgan fingerprint density at radius 1 is 0.159 bits per heavy atom. The van der Waals surface area contributed by atoms with Gasteiger partial charge in [-0.05, 0) is 120 Å². The van der Waals surface area contributed by atoms with E-state index >= 15 is 0 Å². The quantitative estimate of drug-likeness (QED) is 0.0774. The average Bonchev–Trinajstić information content (AvgIpc) is 1.54. The van der Waals surface area contributed by atoms with Gasteiger partial charge >= 0.3 is 0 Å². The first kappa shape index (κ1) is 77.9. The molecule has 19 heteroatoms. The van der Waals surface area contributed by atoms with E-state index in [1.807, 2.05) is 328 Å². The molecule has 23 rings (SSSR count). The molecule has 16 aromatic carbocycles. The van der Waals surface area contributed by atoms with Gasteiger partial charge in [0, 0.05) is 105 Å². The Morgan fingerprint density at radius 3 is 0.674 bits per heavy atom. The van der Waals surface area contributed by atoms with Crippen molar-refractivity contribution < 1.29 is 0 Å². The number of aromatic nitrogens is 17. The summed E-state index contributed by atoms with van der Waals surface area (Å²) in [5, 5.41) is 25.6. The van der Waals surface area contributed by atoms with Gasteiger partial charge < -0.3 is 9.13 Å². The van der Waals surface area contributed by atoms with E-state index < -0.39 is 0 Å². The van der Waals surface area contributed by atoms with Crippen LogP contribution in [0, 0.1) is 22.7 Å². The number of hydrogen-bond acceptors (Lipinski definition) is 17. The predicted octanol–water partition coefficient (Wildman–Crippen LogP) is 25.2. The average molecular weight is 1690 g/mol. The molecule has 0 amide bonds. The van der Waals surface area contributed by atoms with Gasteiger partial charge in [0.15, 0.2) is 87.4 Å². The maximum atomic E-state index is 11.3. The van der Waals surface area contributed by atoms with Crippen molar-refractivity contribution in [1.82, 2.24) is 83.9 Å². The number of hydrogen-bond donors (Lipinski definition) is 0. The van der Waals surface area contributed by atoms with E-state index in [0.717, 1.165) is 116 Å². The first-order valence-electron chi connectivity index (χ1n) is 42.9. The Labute approximate surface area is 756 Å². The molecule has 0 spiro atoms. The zero-order chi connectivity index (χ0) is 88.0. The van der Waals surface area contributed by atoms with Crippen LogP contribution in [0.25, 0.3) is 237 Å². The Bertz CT molecular complexity index is 7910. The van der Waals surface area contributed by atoms with E-state index in [9.17, 15) is 10.5 Å². The molecule has 0 radical (unpaired) electrons. The molecule has 0 atom stereocenters. The highest BCUT2D eigenvalue weighted by molar-refractivity contribution is 6.14. The zero-order valence-corrected chi connectivity index (χ0v) is 70.2. The van der Waals surface area contributed by atoms with E-state index in [2.05, 4.69) is 94.1 Å². The third-order valence-electron chi connectivity index (χ3n) is 23.5. The van der Waals surface area contributed by atoms with Gasteiger partial charge in [-0.2, -0.15) is 10.5 Å². The van der Waals surface area contributed by atoms with Crippen LogP contribution in [-0.4, -0.2) is 83.9 Å². The minimum atomic E-state index is 0.287. The third kappa shape index (κ3) is 14.8. The van der Waals surface area contributed by atoms with E-state index in [-0.39, 0.29) is 5.82 Å². The molecular formula is C113H67N19. The molecule has 132 heavy (non-hydrogen) atoms. The topological polar surface area (TPSA) is 251 Å². The molecule has 0 fully saturated rings. The summed E-state index contributed by atoms with van der Waals surface area (Å²) >= 11 is 0. The summed E-state index contributed by atoms with van der Waals surface area (Å²) in [6.45, 7) is 0. The monoisotopic (exact) mass is 1690 g/mol. The molecule has 7 heterocycles. The standard InChI is InChI=1S/C113H67N19/c114-68-70-50-56-87(98(62-70)132-95-60-54-83(110-124-103(75-38-18-5-19-39-75)118-104(125-110)76-40-20-6-21-41-76)66-90(95)91-67-84(55-61-96(91)132)111-126-105(77-42-22-7-23-43-77)119-106(127-111)78-44-24-8-25-45-78)112-128-107(79-46-26-9-27-47-79)129-113(130-112)92-63-80(86-49-29-28-48-85(86)69-115)51-57-97(92)131-93-58-52-81(108-120-99(71-30-10-1-11-31-71)116-100(121-108)72-32-12-2-13-33-72)64-88(93)89-65-82(53-59-94(89)131)109-122-101(73-34-14-3-15-35-73)117-102(123-109)74-36-16-4-17-37-74/h1-67H. The third-order valence-corrected chi connectivity index (χ3v) is 23.5. The maximum Gasteiger partial charge on any atom is 0.166 e. The lowest BCUT2D eigenvalue weighted by atomic mass is 9.97. The number of benzene rings is 16. The van der Waals surface area contributed by atoms with Crippen molar-refractivity contribution in [2.24, 2.45) is 0 Å². The van der Waals surface area contributed by atoms with Gasteiger partial charge in [0.05, 0.1) is 56.7 Å². The van der Waals surface area contributed by atoms with E-state index in [4.69, 9.17) is 74.8 Å². The van der Waals surface area contributed by atoms with E-state index in [1.165, 1.54) is 0 Å². The molecular weight excluding hydrogens is 1620 g/mol. The largest absolute Gasteiger partial charge is 0.308 e. The zero-order valence-electron chi connectivity index (χ0n) is 70.2. The summed E-state index contributed by atoms with van der Waals surface area (Å²) in [5.41, 5.74) is 18.1. The van der Waals surface area contributed by atoms with E-state index in [1.54, 1.807) is 6.07 Å². The van der Waals surface area contributed by atoms with Gasteiger partial charge in [0.1, 0.15) is 0 Å². The Hall–Kier alpha value is -18.9. The second-order valence-electron chi connectivity index (χ2n) is 31.7. The second-order valence-corrected chi connectivity index (χ2v) is 31.7. The molecule has 7 aromatic heterocycles. The highest BCUT2D eigenvalue weighted by Crippen LogP contribution is 2.45.